The number of carbonyl (C=O) groups excluding carboxylic acids is 1. The molecule has 1 amide bonds. The Bertz CT molecular complexity index is 450. The molecule has 2 aliphatic rings. The SMILES string of the molecule is Cc1cc(C(=O)NC2CCN(C3CC3)C2)sc1Br. The summed E-state index contributed by atoms with van der Waals surface area (Å²) < 4.78 is 1.05. The van der Waals surface area contributed by atoms with Crippen molar-refractivity contribution in [2.24, 2.45) is 0 Å². The van der Waals surface area contributed by atoms with Gasteiger partial charge in [0, 0.05) is 25.2 Å². The van der Waals surface area contributed by atoms with Crippen LogP contribution in [-0.4, -0.2) is 36.0 Å². The van der Waals surface area contributed by atoms with E-state index in [2.05, 4.69) is 26.1 Å². The number of rotatable bonds is 3. The molecule has 5 heteroatoms. The summed E-state index contributed by atoms with van der Waals surface area (Å²) in [5.74, 6) is 0.0800. The van der Waals surface area contributed by atoms with Crippen molar-refractivity contribution in [2.75, 3.05) is 13.1 Å². The molecule has 1 aromatic rings. The lowest BCUT2D eigenvalue weighted by Gasteiger charge is -2.15. The zero-order chi connectivity index (χ0) is 12.7. The molecule has 1 aromatic heterocycles. The highest BCUT2D eigenvalue weighted by Crippen LogP contribution is 2.30. The number of thiophene rings is 1. The smallest absolute Gasteiger partial charge is 0.261 e. The van der Waals surface area contributed by atoms with Crippen LogP contribution < -0.4 is 5.32 Å². The Morgan fingerprint density at radius 2 is 2.28 bits per heavy atom. The fourth-order valence-electron chi connectivity index (χ4n) is 2.50. The molecule has 98 valence electrons. The first-order valence-corrected chi connectivity index (χ1v) is 8.05. The molecule has 0 aromatic carbocycles. The fraction of sp³-hybridized carbons (Fsp3) is 0.615. The van der Waals surface area contributed by atoms with Crippen molar-refractivity contribution >= 4 is 33.2 Å². The molecule has 1 aliphatic heterocycles. The number of hydrogen-bond acceptors (Lipinski definition) is 3. The van der Waals surface area contributed by atoms with Crippen LogP contribution in [0.4, 0.5) is 0 Å². The van der Waals surface area contributed by atoms with Crippen LogP contribution in [0.3, 0.4) is 0 Å². The third-order valence-electron chi connectivity index (χ3n) is 3.70. The lowest BCUT2D eigenvalue weighted by molar-refractivity contribution is 0.0941. The number of halogens is 1. The van der Waals surface area contributed by atoms with Crippen LogP contribution in [0, 0.1) is 6.92 Å². The van der Waals surface area contributed by atoms with Gasteiger partial charge in [0.25, 0.3) is 5.91 Å². The van der Waals surface area contributed by atoms with Crippen molar-refractivity contribution in [1.82, 2.24) is 10.2 Å². The second-order valence-corrected chi connectivity index (χ2v) is 7.62. The van der Waals surface area contributed by atoms with Crippen molar-refractivity contribution < 1.29 is 4.79 Å². The Morgan fingerprint density at radius 3 is 2.89 bits per heavy atom. The van der Waals surface area contributed by atoms with Gasteiger partial charge in [0.2, 0.25) is 0 Å². The quantitative estimate of drug-likeness (QED) is 0.925. The van der Waals surface area contributed by atoms with Crippen LogP contribution in [0.5, 0.6) is 0 Å². The van der Waals surface area contributed by atoms with E-state index in [-0.39, 0.29) is 5.91 Å². The molecule has 0 spiro atoms. The molecule has 1 atom stereocenters. The Morgan fingerprint density at radius 1 is 1.50 bits per heavy atom. The second kappa shape index (κ2) is 4.94. The van der Waals surface area contributed by atoms with E-state index in [1.165, 1.54) is 24.2 Å². The van der Waals surface area contributed by atoms with Crippen LogP contribution in [-0.2, 0) is 0 Å². The predicted octanol–water partition coefficient (Wildman–Crippen LogP) is 2.79. The Hall–Kier alpha value is -0.390. The summed E-state index contributed by atoms with van der Waals surface area (Å²) in [6.45, 7) is 4.19. The summed E-state index contributed by atoms with van der Waals surface area (Å²) >= 11 is 4.98. The van der Waals surface area contributed by atoms with Crippen molar-refractivity contribution in [2.45, 2.75) is 38.3 Å². The average Bonchev–Trinajstić information content (AvgIpc) is 3.00. The second-order valence-electron chi connectivity index (χ2n) is 5.25. The van der Waals surface area contributed by atoms with Crippen LogP contribution >= 0.6 is 27.3 Å². The predicted molar refractivity (Wildman–Crippen MR) is 77.2 cm³/mol. The Labute approximate surface area is 120 Å². The van der Waals surface area contributed by atoms with Crippen molar-refractivity contribution in [3.05, 3.63) is 20.3 Å². The number of carbonyl (C=O) groups is 1. The van der Waals surface area contributed by atoms with Gasteiger partial charge >= 0.3 is 0 Å². The molecule has 1 N–H and O–H groups in total. The van der Waals surface area contributed by atoms with E-state index >= 15 is 0 Å². The van der Waals surface area contributed by atoms with Gasteiger partial charge in [0.05, 0.1) is 8.66 Å². The van der Waals surface area contributed by atoms with Crippen molar-refractivity contribution in [1.29, 1.82) is 0 Å². The molecule has 0 radical (unpaired) electrons. The molecule has 18 heavy (non-hydrogen) atoms. The number of nitrogens with one attached hydrogen (secondary N) is 1. The first kappa shape index (κ1) is 12.6. The third kappa shape index (κ3) is 2.63. The molecule has 0 bridgehead atoms. The van der Waals surface area contributed by atoms with Gasteiger partial charge in [-0.1, -0.05) is 0 Å². The van der Waals surface area contributed by atoms with Gasteiger partial charge in [-0.05, 0) is 53.7 Å². The van der Waals surface area contributed by atoms with E-state index in [0.717, 1.165) is 39.8 Å². The number of hydrogen-bond donors (Lipinski definition) is 1. The first-order valence-electron chi connectivity index (χ1n) is 6.44. The maximum absolute atomic E-state index is 12.1. The maximum Gasteiger partial charge on any atom is 0.261 e. The van der Waals surface area contributed by atoms with Gasteiger partial charge < -0.3 is 5.32 Å². The minimum atomic E-state index is 0.0800. The highest BCUT2D eigenvalue weighted by Gasteiger charge is 2.34. The Balaban J connectivity index is 1.57. The highest BCUT2D eigenvalue weighted by molar-refractivity contribution is 9.11. The monoisotopic (exact) mass is 328 g/mol. The van der Waals surface area contributed by atoms with Gasteiger partial charge in [0.1, 0.15) is 0 Å². The molecular formula is C13H17BrN2OS. The number of nitrogens with zero attached hydrogens (tertiary/aromatic N) is 1. The lowest BCUT2D eigenvalue weighted by atomic mass is 10.2. The molecule has 3 nitrogen and oxygen atoms in total. The minimum Gasteiger partial charge on any atom is -0.347 e. The van der Waals surface area contributed by atoms with E-state index in [4.69, 9.17) is 0 Å². The summed E-state index contributed by atoms with van der Waals surface area (Å²) in [6, 6.07) is 3.10. The van der Waals surface area contributed by atoms with Gasteiger partial charge in [-0.3, -0.25) is 9.69 Å². The van der Waals surface area contributed by atoms with Crippen molar-refractivity contribution in [3.8, 4) is 0 Å². The minimum absolute atomic E-state index is 0.0800. The summed E-state index contributed by atoms with van der Waals surface area (Å²) in [6.07, 6.45) is 3.78. The van der Waals surface area contributed by atoms with Crippen LogP contribution in [0.2, 0.25) is 0 Å². The summed E-state index contributed by atoms with van der Waals surface area (Å²) in [5.41, 5.74) is 1.14. The average molecular weight is 329 g/mol. The number of aryl methyl sites for hydroxylation is 1. The van der Waals surface area contributed by atoms with Crippen molar-refractivity contribution in [3.63, 3.8) is 0 Å². The van der Waals surface area contributed by atoms with E-state index < -0.39 is 0 Å². The molecule has 3 rings (SSSR count). The van der Waals surface area contributed by atoms with Gasteiger partial charge in [-0.2, -0.15) is 0 Å². The zero-order valence-electron chi connectivity index (χ0n) is 10.4. The molecule has 2 fully saturated rings. The summed E-state index contributed by atoms with van der Waals surface area (Å²) in [4.78, 5) is 15.4. The molecule has 1 saturated heterocycles. The highest BCUT2D eigenvalue weighted by atomic mass is 79.9. The summed E-state index contributed by atoms with van der Waals surface area (Å²) in [7, 11) is 0. The standard InChI is InChI=1S/C13H17BrN2OS/c1-8-6-11(18-12(8)14)13(17)15-9-4-5-16(7-9)10-2-3-10/h6,9-10H,2-5,7H2,1H3,(H,15,17). The van der Waals surface area contributed by atoms with Gasteiger partial charge in [-0.15, -0.1) is 11.3 Å². The molecule has 1 aliphatic carbocycles. The van der Waals surface area contributed by atoms with Gasteiger partial charge in [0.15, 0.2) is 0 Å². The lowest BCUT2D eigenvalue weighted by Crippen LogP contribution is -2.37. The number of amides is 1. The number of likely N-dealkylation sites (tertiary alicyclic amines) is 1. The Kier molecular flexibility index (Phi) is 3.47. The van der Waals surface area contributed by atoms with Gasteiger partial charge in [-0.25, -0.2) is 0 Å². The van der Waals surface area contributed by atoms with E-state index in [9.17, 15) is 4.79 Å². The molecule has 1 saturated carbocycles. The van der Waals surface area contributed by atoms with E-state index in [1.807, 2.05) is 13.0 Å². The molecule has 2 heterocycles. The molecule has 1 unspecified atom stereocenters. The topological polar surface area (TPSA) is 32.3 Å². The fourth-order valence-corrected chi connectivity index (χ4v) is 3.94. The third-order valence-corrected chi connectivity index (χ3v) is 5.83. The first-order chi connectivity index (χ1) is 8.63. The summed E-state index contributed by atoms with van der Waals surface area (Å²) in [5, 5.41) is 3.16. The normalized spacial score (nSPS) is 24.4. The largest absolute Gasteiger partial charge is 0.347 e. The maximum atomic E-state index is 12.1. The zero-order valence-corrected chi connectivity index (χ0v) is 12.8. The van der Waals surface area contributed by atoms with E-state index in [0.29, 0.717) is 6.04 Å². The van der Waals surface area contributed by atoms with Crippen LogP contribution in [0.15, 0.2) is 9.85 Å². The van der Waals surface area contributed by atoms with Crippen LogP contribution in [0.25, 0.3) is 0 Å². The van der Waals surface area contributed by atoms with Crippen LogP contribution in [0.1, 0.15) is 34.5 Å². The molecular weight excluding hydrogens is 312 g/mol. The van der Waals surface area contributed by atoms with E-state index in [1.54, 1.807) is 0 Å².